The van der Waals surface area contributed by atoms with Gasteiger partial charge in [0.2, 0.25) is 0 Å². The Bertz CT molecular complexity index is 1090. The van der Waals surface area contributed by atoms with Gasteiger partial charge in [-0.3, -0.25) is 4.98 Å². The van der Waals surface area contributed by atoms with Crippen molar-refractivity contribution in [3.63, 3.8) is 0 Å². The minimum Gasteiger partial charge on any atom is -0.253 e. The van der Waals surface area contributed by atoms with Crippen LogP contribution >= 0.6 is 0 Å². The van der Waals surface area contributed by atoms with Crippen LogP contribution in [0.2, 0.25) is 0 Å². The SMILES string of the molecule is Cc1cccc(-c2ccc3cnn(-c4cccc(C#N)n4)c3c2)n1. The molecule has 3 aromatic heterocycles. The van der Waals surface area contributed by atoms with Gasteiger partial charge in [0, 0.05) is 16.6 Å². The van der Waals surface area contributed by atoms with Crippen LogP contribution in [0.25, 0.3) is 28.0 Å². The highest BCUT2D eigenvalue weighted by Gasteiger charge is 2.09. The minimum atomic E-state index is 0.368. The molecule has 0 aliphatic rings. The van der Waals surface area contributed by atoms with Gasteiger partial charge >= 0.3 is 0 Å². The van der Waals surface area contributed by atoms with Gasteiger partial charge in [-0.1, -0.05) is 24.3 Å². The number of nitriles is 1. The van der Waals surface area contributed by atoms with Gasteiger partial charge in [-0.2, -0.15) is 10.4 Å². The number of benzene rings is 1. The molecule has 5 heteroatoms. The molecule has 1 aromatic carbocycles. The maximum atomic E-state index is 9.04. The van der Waals surface area contributed by atoms with Crippen LogP contribution in [0.4, 0.5) is 0 Å². The molecule has 4 aromatic rings. The van der Waals surface area contributed by atoms with Crippen LogP contribution in [0.1, 0.15) is 11.4 Å². The molecule has 0 spiro atoms. The zero-order valence-corrected chi connectivity index (χ0v) is 13.0. The van der Waals surface area contributed by atoms with Gasteiger partial charge in [-0.05, 0) is 37.3 Å². The third-order valence-electron chi connectivity index (χ3n) is 3.82. The van der Waals surface area contributed by atoms with E-state index in [-0.39, 0.29) is 0 Å². The Hall–Kier alpha value is -3.52. The van der Waals surface area contributed by atoms with E-state index in [0.717, 1.165) is 27.9 Å². The van der Waals surface area contributed by atoms with E-state index in [9.17, 15) is 0 Å². The molecule has 0 atom stereocenters. The fraction of sp³-hybridized carbons (Fsp3) is 0.0526. The third kappa shape index (κ3) is 2.40. The van der Waals surface area contributed by atoms with Crippen molar-refractivity contribution in [3.8, 4) is 23.1 Å². The molecule has 4 rings (SSSR count). The van der Waals surface area contributed by atoms with Gasteiger partial charge in [0.05, 0.1) is 17.4 Å². The van der Waals surface area contributed by atoms with Gasteiger partial charge in [0.25, 0.3) is 0 Å². The van der Waals surface area contributed by atoms with Gasteiger partial charge < -0.3 is 0 Å². The Morgan fingerprint density at radius 2 is 1.88 bits per heavy atom. The zero-order chi connectivity index (χ0) is 16.5. The molecule has 0 bridgehead atoms. The van der Waals surface area contributed by atoms with Crippen molar-refractivity contribution in [2.24, 2.45) is 0 Å². The molecule has 0 radical (unpaired) electrons. The van der Waals surface area contributed by atoms with Crippen LogP contribution in [0.5, 0.6) is 0 Å². The van der Waals surface area contributed by atoms with Crippen LogP contribution in [0.15, 0.2) is 60.8 Å². The summed E-state index contributed by atoms with van der Waals surface area (Å²) < 4.78 is 1.75. The largest absolute Gasteiger partial charge is 0.253 e. The normalized spacial score (nSPS) is 10.7. The minimum absolute atomic E-state index is 0.368. The first-order chi connectivity index (χ1) is 11.7. The van der Waals surface area contributed by atoms with Crippen molar-refractivity contribution in [3.05, 3.63) is 72.2 Å². The maximum absolute atomic E-state index is 9.04. The molecule has 0 unspecified atom stereocenters. The van der Waals surface area contributed by atoms with E-state index in [0.29, 0.717) is 11.5 Å². The van der Waals surface area contributed by atoms with Crippen LogP contribution in [0.3, 0.4) is 0 Å². The van der Waals surface area contributed by atoms with E-state index < -0.39 is 0 Å². The molecule has 3 heterocycles. The summed E-state index contributed by atoms with van der Waals surface area (Å²) in [5.41, 5.74) is 4.21. The molecule has 24 heavy (non-hydrogen) atoms. The second-order valence-corrected chi connectivity index (χ2v) is 5.49. The Morgan fingerprint density at radius 3 is 2.71 bits per heavy atom. The van der Waals surface area contributed by atoms with Crippen LogP contribution in [-0.2, 0) is 0 Å². The Morgan fingerprint density at radius 1 is 1.00 bits per heavy atom. The summed E-state index contributed by atoms with van der Waals surface area (Å²) in [6.07, 6.45) is 1.80. The standard InChI is InChI=1S/C19H13N5/c1-13-4-2-6-17(22-13)14-8-9-15-12-21-24(18(15)10-14)19-7-3-5-16(11-20)23-19/h2-10,12H,1H3. The number of rotatable bonds is 2. The van der Waals surface area contributed by atoms with Crippen LogP contribution in [-0.4, -0.2) is 19.7 Å². The molecule has 0 N–H and O–H groups in total. The molecule has 0 aliphatic carbocycles. The number of fused-ring (bicyclic) bond motifs is 1. The highest BCUT2D eigenvalue weighted by Crippen LogP contribution is 2.24. The predicted molar refractivity (Wildman–Crippen MR) is 91.5 cm³/mol. The molecule has 114 valence electrons. The second kappa shape index (κ2) is 5.60. The van der Waals surface area contributed by atoms with Gasteiger partial charge in [0.1, 0.15) is 11.8 Å². The smallest absolute Gasteiger partial charge is 0.155 e. The number of nitrogens with zero attached hydrogens (tertiary/aromatic N) is 5. The average molecular weight is 311 g/mol. The average Bonchev–Trinajstić information content (AvgIpc) is 3.05. The molecule has 5 nitrogen and oxygen atoms in total. The summed E-state index contributed by atoms with van der Waals surface area (Å²) >= 11 is 0. The lowest BCUT2D eigenvalue weighted by molar-refractivity contribution is 0.872. The Balaban J connectivity index is 1.89. The topological polar surface area (TPSA) is 67.4 Å². The maximum Gasteiger partial charge on any atom is 0.155 e. The number of aryl methyl sites for hydroxylation is 1. The van der Waals surface area contributed by atoms with Crippen molar-refractivity contribution < 1.29 is 0 Å². The fourth-order valence-electron chi connectivity index (χ4n) is 2.67. The van der Waals surface area contributed by atoms with E-state index in [1.54, 1.807) is 23.0 Å². The summed E-state index contributed by atoms with van der Waals surface area (Å²) in [6, 6.07) is 19.4. The van der Waals surface area contributed by atoms with E-state index in [1.807, 2.05) is 49.4 Å². The Labute approximate surface area is 138 Å². The summed E-state index contributed by atoms with van der Waals surface area (Å²) in [5, 5.41) is 14.5. The van der Waals surface area contributed by atoms with Crippen molar-refractivity contribution in [1.29, 1.82) is 5.26 Å². The fourth-order valence-corrected chi connectivity index (χ4v) is 2.67. The monoisotopic (exact) mass is 311 g/mol. The lowest BCUT2D eigenvalue weighted by Gasteiger charge is -2.05. The van der Waals surface area contributed by atoms with Crippen molar-refractivity contribution in [2.75, 3.05) is 0 Å². The molecule has 0 saturated carbocycles. The molecular formula is C19H13N5. The van der Waals surface area contributed by atoms with E-state index in [4.69, 9.17) is 5.26 Å². The third-order valence-corrected chi connectivity index (χ3v) is 3.82. The highest BCUT2D eigenvalue weighted by molar-refractivity contribution is 5.84. The van der Waals surface area contributed by atoms with Crippen molar-refractivity contribution in [2.45, 2.75) is 6.92 Å². The quantitative estimate of drug-likeness (QED) is 0.566. The highest BCUT2D eigenvalue weighted by atomic mass is 15.3. The second-order valence-electron chi connectivity index (χ2n) is 5.49. The van der Waals surface area contributed by atoms with E-state index >= 15 is 0 Å². The lowest BCUT2D eigenvalue weighted by atomic mass is 10.1. The first-order valence-corrected chi connectivity index (χ1v) is 7.54. The van der Waals surface area contributed by atoms with E-state index in [2.05, 4.69) is 21.1 Å². The number of hydrogen-bond donors (Lipinski definition) is 0. The molecule has 0 fully saturated rings. The van der Waals surface area contributed by atoms with Crippen molar-refractivity contribution >= 4 is 10.9 Å². The summed E-state index contributed by atoms with van der Waals surface area (Å²) in [7, 11) is 0. The van der Waals surface area contributed by atoms with Gasteiger partial charge in [-0.15, -0.1) is 0 Å². The Kier molecular flexibility index (Phi) is 3.29. The number of aromatic nitrogens is 4. The first-order valence-electron chi connectivity index (χ1n) is 7.54. The van der Waals surface area contributed by atoms with Crippen LogP contribution < -0.4 is 0 Å². The number of pyridine rings is 2. The van der Waals surface area contributed by atoms with Gasteiger partial charge in [0.15, 0.2) is 5.82 Å². The first kappa shape index (κ1) is 14.1. The summed E-state index contributed by atoms with van der Waals surface area (Å²) in [5.74, 6) is 0.624. The lowest BCUT2D eigenvalue weighted by Crippen LogP contribution is -2.00. The molecule has 0 amide bonds. The zero-order valence-electron chi connectivity index (χ0n) is 13.0. The molecule has 0 saturated heterocycles. The van der Waals surface area contributed by atoms with E-state index in [1.165, 1.54) is 0 Å². The molecule has 0 aliphatic heterocycles. The number of hydrogen-bond acceptors (Lipinski definition) is 4. The van der Waals surface area contributed by atoms with Crippen LogP contribution in [0, 0.1) is 18.3 Å². The summed E-state index contributed by atoms with van der Waals surface area (Å²) in [4.78, 5) is 8.90. The molecular weight excluding hydrogens is 298 g/mol. The van der Waals surface area contributed by atoms with Crippen molar-refractivity contribution in [1.82, 2.24) is 19.7 Å². The van der Waals surface area contributed by atoms with Gasteiger partial charge in [-0.25, -0.2) is 9.67 Å². The predicted octanol–water partition coefficient (Wildman–Crippen LogP) is 3.66. The summed E-state index contributed by atoms with van der Waals surface area (Å²) in [6.45, 7) is 1.98.